The summed E-state index contributed by atoms with van der Waals surface area (Å²) in [6.45, 7) is 6.48. The van der Waals surface area contributed by atoms with Crippen LogP contribution in [0.3, 0.4) is 0 Å². The molecule has 0 saturated heterocycles. The number of anilines is 1. The third-order valence-electron chi connectivity index (χ3n) is 5.44. The van der Waals surface area contributed by atoms with Crippen LogP contribution in [0, 0.1) is 12.3 Å². The van der Waals surface area contributed by atoms with Gasteiger partial charge in [-0.1, -0.05) is 51.1 Å². The molecule has 0 radical (unpaired) electrons. The maximum Gasteiger partial charge on any atom is 0.340 e. The molecule has 2 aromatic carbocycles. The number of aromatic nitrogens is 1. The van der Waals surface area contributed by atoms with E-state index in [2.05, 4.69) is 4.98 Å². The lowest BCUT2D eigenvalue weighted by Crippen LogP contribution is -2.32. The zero-order valence-corrected chi connectivity index (χ0v) is 18.3. The summed E-state index contributed by atoms with van der Waals surface area (Å²) in [6.07, 6.45) is 0. The minimum Gasteiger partial charge on any atom is -0.454 e. The molecule has 0 unspecified atom stereocenters. The molecule has 0 atom stereocenters. The lowest BCUT2D eigenvalue weighted by Gasteiger charge is -2.19. The van der Waals surface area contributed by atoms with E-state index in [4.69, 9.17) is 4.74 Å². The SMILES string of the molecule is Cc1nc2ccccc2c2c1C(=O)N(c1ccccc1C(=O)OCC(=O)C(C)(C)C)C2=O. The van der Waals surface area contributed by atoms with Crippen LogP contribution in [0.1, 0.15) is 57.5 Å². The number of hydrogen-bond donors (Lipinski definition) is 0. The fourth-order valence-electron chi connectivity index (χ4n) is 3.62. The Hall–Kier alpha value is -3.87. The number of fused-ring (bicyclic) bond motifs is 3. The largest absolute Gasteiger partial charge is 0.454 e. The maximum atomic E-state index is 13.4. The molecule has 0 fully saturated rings. The normalized spacial score (nSPS) is 13.4. The fourth-order valence-corrected chi connectivity index (χ4v) is 3.62. The van der Waals surface area contributed by atoms with Crippen LogP contribution in [-0.4, -0.2) is 35.2 Å². The number of ketones is 1. The molecule has 0 spiro atoms. The molecule has 7 nitrogen and oxygen atoms in total. The van der Waals surface area contributed by atoms with Crippen LogP contribution < -0.4 is 4.90 Å². The van der Waals surface area contributed by atoms with Gasteiger partial charge in [-0.15, -0.1) is 0 Å². The zero-order chi connectivity index (χ0) is 23.2. The summed E-state index contributed by atoms with van der Waals surface area (Å²) in [5.74, 6) is -2.10. The van der Waals surface area contributed by atoms with Gasteiger partial charge < -0.3 is 4.74 Å². The lowest BCUT2D eigenvalue weighted by molar-refractivity contribution is -0.129. The van der Waals surface area contributed by atoms with Crippen molar-refractivity contribution in [1.82, 2.24) is 4.98 Å². The van der Waals surface area contributed by atoms with Gasteiger partial charge in [0.05, 0.1) is 33.6 Å². The first-order chi connectivity index (χ1) is 15.1. The average molecular weight is 430 g/mol. The zero-order valence-electron chi connectivity index (χ0n) is 18.3. The minimum absolute atomic E-state index is 0.0265. The van der Waals surface area contributed by atoms with Gasteiger partial charge in [0, 0.05) is 10.8 Å². The number of para-hydroxylation sites is 2. The van der Waals surface area contributed by atoms with E-state index >= 15 is 0 Å². The first-order valence-corrected chi connectivity index (χ1v) is 10.2. The number of carbonyl (C=O) groups excluding carboxylic acids is 4. The first kappa shape index (κ1) is 21.4. The van der Waals surface area contributed by atoms with Crippen molar-refractivity contribution < 1.29 is 23.9 Å². The van der Waals surface area contributed by atoms with Crippen molar-refractivity contribution >= 4 is 40.2 Å². The molecule has 1 aliphatic rings. The minimum atomic E-state index is -0.783. The van der Waals surface area contributed by atoms with Crippen LogP contribution in [0.5, 0.6) is 0 Å². The van der Waals surface area contributed by atoms with Gasteiger partial charge in [-0.3, -0.25) is 19.4 Å². The number of esters is 1. The van der Waals surface area contributed by atoms with E-state index < -0.39 is 29.8 Å². The van der Waals surface area contributed by atoms with Crippen LogP contribution in [-0.2, 0) is 9.53 Å². The van der Waals surface area contributed by atoms with Crippen molar-refractivity contribution in [3.63, 3.8) is 0 Å². The maximum absolute atomic E-state index is 13.4. The Balaban J connectivity index is 1.74. The van der Waals surface area contributed by atoms with E-state index in [1.165, 1.54) is 12.1 Å². The number of pyridine rings is 1. The number of Topliss-reactive ketones (excluding diaryl/α,β-unsaturated/α-hetero) is 1. The molecule has 32 heavy (non-hydrogen) atoms. The summed E-state index contributed by atoms with van der Waals surface area (Å²) in [5.41, 5.74) is 1.02. The highest BCUT2D eigenvalue weighted by molar-refractivity contribution is 6.38. The Bertz CT molecular complexity index is 1300. The number of hydrogen-bond acceptors (Lipinski definition) is 6. The lowest BCUT2D eigenvalue weighted by atomic mass is 9.91. The molecule has 0 saturated carbocycles. The molecule has 162 valence electrons. The van der Waals surface area contributed by atoms with Crippen LogP contribution in [0.15, 0.2) is 48.5 Å². The van der Waals surface area contributed by atoms with Crippen molar-refractivity contribution in [3.05, 3.63) is 70.9 Å². The van der Waals surface area contributed by atoms with Crippen LogP contribution in [0.4, 0.5) is 5.69 Å². The summed E-state index contributed by atoms with van der Waals surface area (Å²) in [6, 6.07) is 13.3. The molecular formula is C25H22N2O5. The molecule has 4 rings (SSSR count). The quantitative estimate of drug-likeness (QED) is 0.457. The number of amides is 2. The van der Waals surface area contributed by atoms with Crippen molar-refractivity contribution in [2.75, 3.05) is 11.5 Å². The summed E-state index contributed by atoms with van der Waals surface area (Å²) >= 11 is 0. The molecule has 1 aromatic heterocycles. The van der Waals surface area contributed by atoms with Gasteiger partial charge in [0.15, 0.2) is 12.4 Å². The number of ether oxygens (including phenoxy) is 1. The van der Waals surface area contributed by atoms with Crippen LogP contribution in [0.25, 0.3) is 10.9 Å². The van der Waals surface area contributed by atoms with Crippen LogP contribution in [0.2, 0.25) is 0 Å². The van der Waals surface area contributed by atoms with E-state index in [0.717, 1.165) is 4.90 Å². The van der Waals surface area contributed by atoms with E-state index in [1.807, 2.05) is 6.07 Å². The Morgan fingerprint density at radius 3 is 2.28 bits per heavy atom. The molecule has 0 bridgehead atoms. The number of nitrogens with zero attached hydrogens (tertiary/aromatic N) is 2. The molecule has 7 heteroatoms. The molecule has 0 aliphatic carbocycles. The second kappa shape index (κ2) is 7.67. The van der Waals surface area contributed by atoms with Gasteiger partial charge in [0.25, 0.3) is 11.8 Å². The average Bonchev–Trinajstić information content (AvgIpc) is 3.02. The number of benzene rings is 2. The van der Waals surface area contributed by atoms with Gasteiger partial charge in [-0.2, -0.15) is 0 Å². The van der Waals surface area contributed by atoms with Gasteiger partial charge in [0.2, 0.25) is 0 Å². The van der Waals surface area contributed by atoms with Crippen molar-refractivity contribution in [1.29, 1.82) is 0 Å². The molecule has 2 heterocycles. The smallest absolute Gasteiger partial charge is 0.340 e. The van der Waals surface area contributed by atoms with E-state index in [0.29, 0.717) is 16.6 Å². The Kier molecular flexibility index (Phi) is 5.12. The second-order valence-corrected chi connectivity index (χ2v) is 8.68. The molecule has 3 aromatic rings. The van der Waals surface area contributed by atoms with Gasteiger partial charge in [-0.05, 0) is 25.1 Å². The highest BCUT2D eigenvalue weighted by Crippen LogP contribution is 2.35. The van der Waals surface area contributed by atoms with Crippen molar-refractivity contribution in [2.24, 2.45) is 5.41 Å². The van der Waals surface area contributed by atoms with Crippen LogP contribution >= 0.6 is 0 Å². The summed E-state index contributed by atoms with van der Waals surface area (Å²) < 4.78 is 5.21. The first-order valence-electron chi connectivity index (χ1n) is 10.2. The van der Waals surface area contributed by atoms with Gasteiger partial charge in [-0.25, -0.2) is 9.69 Å². The van der Waals surface area contributed by atoms with Crippen molar-refractivity contribution in [3.8, 4) is 0 Å². The summed E-state index contributed by atoms with van der Waals surface area (Å²) in [7, 11) is 0. The predicted octanol–water partition coefficient (Wildman–Crippen LogP) is 4.12. The van der Waals surface area contributed by atoms with E-state index in [-0.39, 0.29) is 28.2 Å². The Morgan fingerprint density at radius 1 is 0.938 bits per heavy atom. The number of aryl methyl sites for hydroxylation is 1. The predicted molar refractivity (Wildman–Crippen MR) is 119 cm³/mol. The molecular weight excluding hydrogens is 408 g/mol. The monoisotopic (exact) mass is 430 g/mol. The summed E-state index contributed by atoms with van der Waals surface area (Å²) in [4.78, 5) is 57.1. The highest BCUT2D eigenvalue weighted by atomic mass is 16.5. The number of rotatable bonds is 4. The number of carbonyl (C=O) groups is 4. The summed E-state index contributed by atoms with van der Waals surface area (Å²) in [5, 5.41) is 0.574. The van der Waals surface area contributed by atoms with E-state index in [1.54, 1.807) is 58.0 Å². The van der Waals surface area contributed by atoms with Gasteiger partial charge >= 0.3 is 5.97 Å². The molecule has 2 amide bonds. The number of imide groups is 1. The Morgan fingerprint density at radius 2 is 1.56 bits per heavy atom. The Labute approximate surface area is 185 Å². The second-order valence-electron chi connectivity index (χ2n) is 8.68. The topological polar surface area (TPSA) is 93.6 Å². The highest BCUT2D eigenvalue weighted by Gasteiger charge is 2.41. The van der Waals surface area contributed by atoms with Gasteiger partial charge in [0.1, 0.15) is 0 Å². The van der Waals surface area contributed by atoms with E-state index in [9.17, 15) is 19.2 Å². The third-order valence-corrected chi connectivity index (χ3v) is 5.44. The molecule has 0 N–H and O–H groups in total. The van der Waals surface area contributed by atoms with Crippen molar-refractivity contribution in [2.45, 2.75) is 27.7 Å². The fraction of sp³-hybridized carbons (Fsp3) is 0.240. The third kappa shape index (κ3) is 3.45. The molecule has 1 aliphatic heterocycles. The standard InChI is InChI=1S/C25H22N2O5/c1-14-20-21(15-9-5-7-11-17(15)26-14)23(30)27(22(20)29)18-12-8-6-10-16(18)24(31)32-13-19(28)25(2,3)4/h5-12H,13H2,1-4H3.